The third kappa shape index (κ3) is 11.2. The highest BCUT2D eigenvalue weighted by atomic mass is 16.6. The Morgan fingerprint density at radius 1 is 0.763 bits per heavy atom. The second-order valence-corrected chi connectivity index (χ2v) is 12.9. The zero-order chi connectivity index (χ0) is 29.6. The van der Waals surface area contributed by atoms with Crippen LogP contribution in [0.25, 0.3) is 0 Å². The van der Waals surface area contributed by atoms with Gasteiger partial charge in [0.25, 0.3) is 0 Å². The van der Waals surface area contributed by atoms with E-state index >= 15 is 0 Å². The fraction of sp³-hybridized carbons (Fsp3) is 0.655. The molecule has 9 nitrogen and oxygen atoms in total. The van der Waals surface area contributed by atoms with E-state index in [2.05, 4.69) is 0 Å². The third-order valence-corrected chi connectivity index (χ3v) is 5.35. The summed E-state index contributed by atoms with van der Waals surface area (Å²) in [4.78, 5) is 49.7. The van der Waals surface area contributed by atoms with Gasteiger partial charge in [0.05, 0.1) is 17.3 Å². The number of carbonyl (C=O) groups excluding carboxylic acids is 4. The van der Waals surface area contributed by atoms with E-state index in [1.165, 1.54) is 12.1 Å². The molecule has 1 aromatic rings. The van der Waals surface area contributed by atoms with Crippen LogP contribution in [0.2, 0.25) is 0 Å². The average molecular weight is 536 g/mol. The highest BCUT2D eigenvalue weighted by molar-refractivity contribution is 5.81. The number of esters is 4. The summed E-state index contributed by atoms with van der Waals surface area (Å²) in [6.45, 7) is 19.3. The SMILES string of the molecule is C[C@H](OC(=O)CC(C)(C)C)[C@H](C)OC(=O)[C@@H](N)Cc1ccc(OC(=O)C(C)(C)C)c(OC(=O)C(C)(C)C)c1. The van der Waals surface area contributed by atoms with Crippen molar-refractivity contribution in [2.45, 2.75) is 107 Å². The van der Waals surface area contributed by atoms with Crippen molar-refractivity contribution in [2.24, 2.45) is 22.0 Å². The molecule has 38 heavy (non-hydrogen) atoms. The molecule has 9 heteroatoms. The highest BCUT2D eigenvalue weighted by Crippen LogP contribution is 2.33. The first-order valence-electron chi connectivity index (χ1n) is 12.8. The van der Waals surface area contributed by atoms with Gasteiger partial charge in [0.1, 0.15) is 18.2 Å². The lowest BCUT2D eigenvalue weighted by Crippen LogP contribution is -2.39. The lowest BCUT2D eigenvalue weighted by atomic mass is 9.92. The van der Waals surface area contributed by atoms with Crippen LogP contribution in [0.1, 0.15) is 88.1 Å². The molecule has 1 rings (SSSR count). The zero-order valence-corrected chi connectivity index (χ0v) is 24.7. The molecule has 0 saturated carbocycles. The predicted molar refractivity (Wildman–Crippen MR) is 143 cm³/mol. The number of rotatable bonds is 9. The maximum Gasteiger partial charge on any atom is 0.323 e. The Kier molecular flexibility index (Phi) is 11.1. The molecule has 0 heterocycles. The first kappa shape index (κ1) is 33.1. The summed E-state index contributed by atoms with van der Waals surface area (Å²) in [5.41, 5.74) is 4.88. The van der Waals surface area contributed by atoms with Gasteiger partial charge >= 0.3 is 23.9 Å². The molecule has 0 bridgehead atoms. The minimum absolute atomic E-state index is 0.0494. The van der Waals surface area contributed by atoms with E-state index in [-0.39, 0.29) is 35.7 Å². The fourth-order valence-corrected chi connectivity index (χ4v) is 2.83. The first-order valence-corrected chi connectivity index (χ1v) is 12.8. The van der Waals surface area contributed by atoms with Gasteiger partial charge in [-0.25, -0.2) is 0 Å². The number of hydrogen-bond acceptors (Lipinski definition) is 9. The van der Waals surface area contributed by atoms with Gasteiger partial charge in [-0.15, -0.1) is 0 Å². The molecule has 3 atom stereocenters. The molecular weight excluding hydrogens is 490 g/mol. The number of benzene rings is 1. The summed E-state index contributed by atoms with van der Waals surface area (Å²) in [5, 5.41) is 0. The molecule has 0 aliphatic heterocycles. The first-order chi connectivity index (χ1) is 17.1. The lowest BCUT2D eigenvalue weighted by molar-refractivity contribution is -0.167. The van der Waals surface area contributed by atoms with Crippen LogP contribution in [0.4, 0.5) is 0 Å². The molecule has 0 saturated heterocycles. The van der Waals surface area contributed by atoms with Crippen LogP contribution in [-0.2, 0) is 35.1 Å². The molecule has 0 radical (unpaired) electrons. The monoisotopic (exact) mass is 535 g/mol. The quantitative estimate of drug-likeness (QED) is 0.351. The lowest BCUT2D eigenvalue weighted by Gasteiger charge is -2.24. The van der Waals surface area contributed by atoms with E-state index in [0.29, 0.717) is 5.56 Å². The topological polar surface area (TPSA) is 131 Å². The van der Waals surface area contributed by atoms with Crippen LogP contribution in [0, 0.1) is 16.2 Å². The fourth-order valence-electron chi connectivity index (χ4n) is 2.83. The van der Waals surface area contributed by atoms with Gasteiger partial charge in [-0.05, 0) is 84.9 Å². The number of carbonyl (C=O) groups is 4. The normalized spacial score (nSPS) is 14.6. The third-order valence-electron chi connectivity index (χ3n) is 5.35. The Balaban J connectivity index is 2.98. The molecule has 0 fully saturated rings. The average Bonchev–Trinajstić information content (AvgIpc) is 2.72. The van der Waals surface area contributed by atoms with Crippen molar-refractivity contribution in [1.82, 2.24) is 0 Å². The van der Waals surface area contributed by atoms with Gasteiger partial charge in [0.2, 0.25) is 0 Å². The van der Waals surface area contributed by atoms with Crippen molar-refractivity contribution >= 4 is 23.9 Å². The summed E-state index contributed by atoms with van der Waals surface area (Å²) in [7, 11) is 0. The van der Waals surface area contributed by atoms with E-state index in [1.54, 1.807) is 61.5 Å². The van der Waals surface area contributed by atoms with Gasteiger partial charge in [0.15, 0.2) is 11.5 Å². The van der Waals surface area contributed by atoms with Crippen molar-refractivity contribution in [1.29, 1.82) is 0 Å². The Hall–Kier alpha value is -2.94. The molecule has 0 spiro atoms. The van der Waals surface area contributed by atoms with Crippen LogP contribution in [0.15, 0.2) is 18.2 Å². The van der Waals surface area contributed by atoms with Gasteiger partial charge in [-0.2, -0.15) is 0 Å². The van der Waals surface area contributed by atoms with Gasteiger partial charge in [-0.1, -0.05) is 26.8 Å². The number of hydrogen-bond donors (Lipinski definition) is 1. The van der Waals surface area contributed by atoms with E-state index in [0.717, 1.165) is 0 Å². The van der Waals surface area contributed by atoms with E-state index in [9.17, 15) is 19.2 Å². The van der Waals surface area contributed by atoms with Gasteiger partial charge in [-0.3, -0.25) is 19.2 Å². The second-order valence-electron chi connectivity index (χ2n) is 12.9. The zero-order valence-electron chi connectivity index (χ0n) is 24.7. The molecule has 1 aromatic carbocycles. The summed E-state index contributed by atoms with van der Waals surface area (Å²) in [6, 6.07) is 3.61. The molecule has 214 valence electrons. The van der Waals surface area contributed by atoms with Crippen molar-refractivity contribution in [3.8, 4) is 11.5 Å². The van der Waals surface area contributed by atoms with Crippen molar-refractivity contribution in [2.75, 3.05) is 0 Å². The Labute approximate surface area is 226 Å². The summed E-state index contributed by atoms with van der Waals surface area (Å²) < 4.78 is 21.9. The molecule has 0 aliphatic rings. The van der Waals surface area contributed by atoms with Crippen LogP contribution >= 0.6 is 0 Å². The molecular formula is C29H45NO8. The second kappa shape index (κ2) is 12.7. The van der Waals surface area contributed by atoms with Crippen molar-refractivity contribution < 1.29 is 38.1 Å². The maximum atomic E-state index is 12.7. The molecule has 0 aromatic heterocycles. The maximum absolute atomic E-state index is 12.7. The highest BCUT2D eigenvalue weighted by Gasteiger charge is 2.29. The Morgan fingerprint density at radius 2 is 1.24 bits per heavy atom. The van der Waals surface area contributed by atoms with E-state index in [4.69, 9.17) is 24.7 Å². The van der Waals surface area contributed by atoms with Crippen LogP contribution in [0.3, 0.4) is 0 Å². The van der Waals surface area contributed by atoms with Crippen LogP contribution in [0.5, 0.6) is 11.5 Å². The number of ether oxygens (including phenoxy) is 4. The number of nitrogens with two attached hydrogens (primary N) is 1. The summed E-state index contributed by atoms with van der Waals surface area (Å²) >= 11 is 0. The molecule has 0 unspecified atom stereocenters. The largest absolute Gasteiger partial charge is 0.459 e. The van der Waals surface area contributed by atoms with E-state index < -0.39 is 47.0 Å². The minimum Gasteiger partial charge on any atom is -0.459 e. The van der Waals surface area contributed by atoms with Crippen LogP contribution in [-0.4, -0.2) is 42.1 Å². The predicted octanol–water partition coefficient (Wildman–Crippen LogP) is 4.76. The molecule has 0 amide bonds. The Bertz CT molecular complexity index is 1010. The van der Waals surface area contributed by atoms with Gasteiger partial charge < -0.3 is 24.7 Å². The van der Waals surface area contributed by atoms with Crippen molar-refractivity contribution in [3.63, 3.8) is 0 Å². The summed E-state index contributed by atoms with van der Waals surface area (Å²) in [5.74, 6) is -1.93. The smallest absolute Gasteiger partial charge is 0.323 e. The molecule has 0 aliphatic carbocycles. The minimum atomic E-state index is -1.04. The summed E-state index contributed by atoms with van der Waals surface area (Å²) in [6.07, 6.45) is -1.06. The molecule has 2 N–H and O–H groups in total. The standard InChI is InChI=1S/C29H45NO8/c1-17(35-23(31)16-27(3,4)5)18(2)36-24(32)20(30)14-19-12-13-21(37-25(33)28(6,7)8)22(15-19)38-26(34)29(9,10)11/h12-13,15,17-18,20H,14,16,30H2,1-11H3/t17-,18-,20-/m0/s1. The Morgan fingerprint density at radius 3 is 1.71 bits per heavy atom. The van der Waals surface area contributed by atoms with E-state index in [1.807, 2.05) is 20.8 Å². The van der Waals surface area contributed by atoms with Crippen molar-refractivity contribution in [3.05, 3.63) is 23.8 Å². The van der Waals surface area contributed by atoms with Crippen LogP contribution < -0.4 is 15.2 Å². The van der Waals surface area contributed by atoms with Gasteiger partial charge in [0, 0.05) is 0 Å².